The van der Waals surface area contributed by atoms with E-state index in [1.165, 1.54) is 17.8 Å². The molecule has 1 aliphatic heterocycles. The van der Waals surface area contributed by atoms with Gasteiger partial charge in [0.2, 0.25) is 0 Å². The Kier molecular flexibility index (Phi) is 6.01. The molecule has 9 heteroatoms. The predicted molar refractivity (Wildman–Crippen MR) is 108 cm³/mol. The second-order valence-corrected chi connectivity index (χ2v) is 7.85. The van der Waals surface area contributed by atoms with Crippen molar-refractivity contribution in [2.45, 2.75) is 30.3 Å². The summed E-state index contributed by atoms with van der Waals surface area (Å²) in [5, 5.41) is 9.08. The molecule has 3 aromatic rings. The SMILES string of the molecule is COc1ccc(-c2nnc(SCC3CCCO3)n2-c2cccc(C(F)(F)F)c2)cc1. The molecule has 5 nitrogen and oxygen atoms in total. The first-order valence-electron chi connectivity index (χ1n) is 9.47. The maximum Gasteiger partial charge on any atom is 0.416 e. The summed E-state index contributed by atoms with van der Waals surface area (Å²) in [5.41, 5.74) is 0.365. The number of thioether (sulfide) groups is 1. The van der Waals surface area contributed by atoms with Gasteiger partial charge in [-0.2, -0.15) is 13.2 Å². The van der Waals surface area contributed by atoms with Gasteiger partial charge in [0.05, 0.1) is 24.5 Å². The molecule has 0 saturated carbocycles. The van der Waals surface area contributed by atoms with Crippen LogP contribution < -0.4 is 4.74 Å². The Labute approximate surface area is 176 Å². The molecule has 4 rings (SSSR count). The molecule has 30 heavy (non-hydrogen) atoms. The Balaban J connectivity index is 1.75. The van der Waals surface area contributed by atoms with Crippen molar-refractivity contribution in [3.05, 3.63) is 54.1 Å². The van der Waals surface area contributed by atoms with Crippen LogP contribution in [0.2, 0.25) is 0 Å². The molecule has 0 amide bonds. The number of alkyl halides is 3. The van der Waals surface area contributed by atoms with Gasteiger partial charge in [0.15, 0.2) is 11.0 Å². The van der Waals surface area contributed by atoms with Crippen molar-refractivity contribution in [2.24, 2.45) is 0 Å². The van der Waals surface area contributed by atoms with Crippen LogP contribution in [0.5, 0.6) is 5.75 Å². The summed E-state index contributed by atoms with van der Waals surface area (Å²) in [6.07, 6.45) is -2.33. The minimum atomic E-state index is -4.44. The lowest BCUT2D eigenvalue weighted by Gasteiger charge is -2.14. The first-order valence-corrected chi connectivity index (χ1v) is 10.5. The Bertz CT molecular complexity index is 999. The fourth-order valence-corrected chi connectivity index (χ4v) is 4.31. The summed E-state index contributed by atoms with van der Waals surface area (Å²) < 4.78 is 52.4. The largest absolute Gasteiger partial charge is 0.497 e. The van der Waals surface area contributed by atoms with Crippen LogP contribution in [0.4, 0.5) is 13.2 Å². The Morgan fingerprint density at radius 2 is 1.97 bits per heavy atom. The third-order valence-corrected chi connectivity index (χ3v) is 5.90. The van der Waals surface area contributed by atoms with E-state index in [2.05, 4.69) is 10.2 Å². The second-order valence-electron chi connectivity index (χ2n) is 6.86. The quantitative estimate of drug-likeness (QED) is 0.496. The molecule has 1 saturated heterocycles. The lowest BCUT2D eigenvalue weighted by Crippen LogP contribution is -2.10. The van der Waals surface area contributed by atoms with Gasteiger partial charge in [-0.15, -0.1) is 10.2 Å². The fourth-order valence-electron chi connectivity index (χ4n) is 3.29. The van der Waals surface area contributed by atoms with E-state index in [0.717, 1.165) is 37.1 Å². The minimum absolute atomic E-state index is 0.117. The fraction of sp³-hybridized carbons (Fsp3) is 0.333. The number of ether oxygens (including phenoxy) is 2. The van der Waals surface area contributed by atoms with Crippen molar-refractivity contribution in [3.8, 4) is 22.8 Å². The van der Waals surface area contributed by atoms with E-state index in [1.54, 1.807) is 29.9 Å². The Morgan fingerprint density at radius 1 is 1.17 bits per heavy atom. The van der Waals surface area contributed by atoms with Gasteiger partial charge in [-0.25, -0.2) is 0 Å². The van der Waals surface area contributed by atoms with Gasteiger partial charge in [-0.1, -0.05) is 17.8 Å². The lowest BCUT2D eigenvalue weighted by molar-refractivity contribution is -0.137. The highest BCUT2D eigenvalue weighted by Gasteiger charge is 2.31. The molecular weight excluding hydrogens is 415 g/mol. The highest BCUT2D eigenvalue weighted by molar-refractivity contribution is 7.99. The Morgan fingerprint density at radius 3 is 2.63 bits per heavy atom. The summed E-state index contributed by atoms with van der Waals surface area (Å²) in [6.45, 7) is 0.739. The molecule has 0 N–H and O–H groups in total. The molecule has 2 aromatic carbocycles. The zero-order chi connectivity index (χ0) is 21.1. The van der Waals surface area contributed by atoms with E-state index < -0.39 is 11.7 Å². The van der Waals surface area contributed by atoms with E-state index in [4.69, 9.17) is 9.47 Å². The topological polar surface area (TPSA) is 49.2 Å². The lowest BCUT2D eigenvalue weighted by atomic mass is 10.1. The number of nitrogens with zero attached hydrogens (tertiary/aromatic N) is 3. The summed E-state index contributed by atoms with van der Waals surface area (Å²) >= 11 is 1.43. The average molecular weight is 435 g/mol. The van der Waals surface area contributed by atoms with Crippen molar-refractivity contribution in [1.82, 2.24) is 14.8 Å². The Hall–Kier alpha value is -2.52. The van der Waals surface area contributed by atoms with Gasteiger partial charge in [-0.05, 0) is 55.3 Å². The van der Waals surface area contributed by atoms with Crippen LogP contribution in [0, 0.1) is 0 Å². The van der Waals surface area contributed by atoms with Gasteiger partial charge < -0.3 is 9.47 Å². The van der Waals surface area contributed by atoms with Gasteiger partial charge >= 0.3 is 6.18 Å². The first kappa shape index (κ1) is 20.7. The number of rotatable bonds is 6. The standard InChI is InChI=1S/C21H20F3N3O2S/c1-28-17-9-7-14(8-10-17)19-25-26-20(30-13-18-6-3-11-29-18)27(19)16-5-2-4-15(12-16)21(22,23)24/h2,4-5,7-10,12,18H,3,6,11,13H2,1H3. The molecule has 1 atom stereocenters. The molecule has 0 bridgehead atoms. The van der Waals surface area contributed by atoms with Crippen LogP contribution in [0.25, 0.3) is 17.1 Å². The van der Waals surface area contributed by atoms with Gasteiger partial charge in [0.1, 0.15) is 5.75 Å². The number of hydrogen-bond donors (Lipinski definition) is 0. The average Bonchev–Trinajstić information content (AvgIpc) is 3.41. The summed E-state index contributed by atoms with van der Waals surface area (Å²) in [4.78, 5) is 0. The van der Waals surface area contributed by atoms with Crippen molar-refractivity contribution >= 4 is 11.8 Å². The first-order chi connectivity index (χ1) is 14.5. The molecule has 0 spiro atoms. The van der Waals surface area contributed by atoms with E-state index in [0.29, 0.717) is 28.2 Å². The van der Waals surface area contributed by atoms with E-state index in [1.807, 2.05) is 12.1 Å². The zero-order valence-corrected chi connectivity index (χ0v) is 17.0. The number of aromatic nitrogens is 3. The van der Waals surface area contributed by atoms with Crippen LogP contribution in [0.15, 0.2) is 53.7 Å². The highest BCUT2D eigenvalue weighted by atomic mass is 32.2. The van der Waals surface area contributed by atoms with E-state index in [-0.39, 0.29) is 6.10 Å². The molecule has 1 aliphatic rings. The maximum atomic E-state index is 13.3. The molecule has 158 valence electrons. The van der Waals surface area contributed by atoms with Crippen LogP contribution >= 0.6 is 11.8 Å². The highest BCUT2D eigenvalue weighted by Crippen LogP contribution is 2.34. The van der Waals surface area contributed by atoms with Crippen molar-refractivity contribution in [1.29, 1.82) is 0 Å². The third-order valence-electron chi connectivity index (χ3n) is 4.84. The van der Waals surface area contributed by atoms with Crippen molar-refractivity contribution < 1.29 is 22.6 Å². The molecule has 2 heterocycles. The molecule has 0 aliphatic carbocycles. The molecule has 1 fully saturated rings. The van der Waals surface area contributed by atoms with Gasteiger partial charge in [-0.3, -0.25) is 4.57 Å². The van der Waals surface area contributed by atoms with E-state index in [9.17, 15) is 13.2 Å². The maximum absolute atomic E-state index is 13.3. The zero-order valence-electron chi connectivity index (χ0n) is 16.2. The minimum Gasteiger partial charge on any atom is -0.497 e. The smallest absolute Gasteiger partial charge is 0.416 e. The van der Waals surface area contributed by atoms with Gasteiger partial charge in [0, 0.05) is 17.9 Å². The molecular formula is C21H20F3N3O2S. The molecule has 1 unspecified atom stereocenters. The van der Waals surface area contributed by atoms with Crippen LogP contribution in [0.1, 0.15) is 18.4 Å². The van der Waals surface area contributed by atoms with Gasteiger partial charge in [0.25, 0.3) is 0 Å². The summed E-state index contributed by atoms with van der Waals surface area (Å²) in [5.74, 6) is 1.81. The van der Waals surface area contributed by atoms with Crippen LogP contribution in [-0.4, -0.2) is 40.3 Å². The predicted octanol–water partition coefficient (Wildman–Crippen LogP) is 5.23. The van der Waals surface area contributed by atoms with Crippen molar-refractivity contribution in [3.63, 3.8) is 0 Å². The van der Waals surface area contributed by atoms with Crippen LogP contribution in [0.3, 0.4) is 0 Å². The second kappa shape index (κ2) is 8.69. The number of benzene rings is 2. The summed E-state index contributed by atoms with van der Waals surface area (Å²) in [7, 11) is 1.57. The molecule has 1 aromatic heterocycles. The third kappa shape index (κ3) is 4.46. The van der Waals surface area contributed by atoms with Crippen LogP contribution in [-0.2, 0) is 10.9 Å². The number of halogens is 3. The van der Waals surface area contributed by atoms with E-state index >= 15 is 0 Å². The number of hydrogen-bond acceptors (Lipinski definition) is 5. The molecule has 0 radical (unpaired) electrons. The summed E-state index contributed by atoms with van der Waals surface area (Å²) in [6, 6.07) is 12.4. The number of methoxy groups -OCH3 is 1. The van der Waals surface area contributed by atoms with Crippen molar-refractivity contribution in [2.75, 3.05) is 19.5 Å². The monoisotopic (exact) mass is 435 g/mol. The normalized spacial score (nSPS) is 16.7.